The Morgan fingerprint density at radius 1 is 1.00 bits per heavy atom. The average molecular weight is 249 g/mol. The van der Waals surface area contributed by atoms with Crippen molar-refractivity contribution in [3.63, 3.8) is 0 Å². The zero-order chi connectivity index (χ0) is 10.3. The molecule has 0 fully saturated rings. The molecular weight excluding hydrogens is 239 g/mol. The van der Waals surface area contributed by atoms with E-state index in [4.69, 9.17) is 10.2 Å². The Bertz CT molecular complexity index is 142. The van der Waals surface area contributed by atoms with Gasteiger partial charge in [0, 0.05) is 0 Å². The summed E-state index contributed by atoms with van der Waals surface area (Å²) in [5.41, 5.74) is 0. The first kappa shape index (κ1) is 24.0. The normalized spacial score (nSPS) is 11.7. The summed E-state index contributed by atoms with van der Waals surface area (Å²) in [6.07, 6.45) is -2.69. The van der Waals surface area contributed by atoms with E-state index in [9.17, 15) is 19.8 Å². The maximum absolute atomic E-state index is 9.34. The third kappa shape index (κ3) is 22.9. The summed E-state index contributed by atoms with van der Waals surface area (Å²) in [6, 6.07) is 0. The van der Waals surface area contributed by atoms with Crippen LogP contribution in [0.3, 0.4) is 0 Å². The third-order valence-electron chi connectivity index (χ3n) is 0.682. The van der Waals surface area contributed by atoms with Crippen molar-refractivity contribution in [2.24, 2.45) is 0 Å². The summed E-state index contributed by atoms with van der Waals surface area (Å²) in [4.78, 5) is 18.7. The van der Waals surface area contributed by atoms with E-state index in [2.05, 4.69) is 0 Å². The van der Waals surface area contributed by atoms with Crippen molar-refractivity contribution >= 4 is 11.9 Å². The number of carbonyl (C=O) groups excluding carboxylic acids is 2. The molecule has 0 saturated heterocycles. The van der Waals surface area contributed by atoms with Gasteiger partial charge in [-0.1, -0.05) is 0 Å². The molecule has 0 aromatic rings. The van der Waals surface area contributed by atoms with Gasteiger partial charge in [-0.15, -0.1) is 0 Å². The van der Waals surface area contributed by atoms with Crippen molar-refractivity contribution in [1.29, 1.82) is 0 Å². The Morgan fingerprint density at radius 3 is 1.07 bits per heavy atom. The van der Waals surface area contributed by atoms with Crippen molar-refractivity contribution in [1.82, 2.24) is 0 Å². The number of carboxylic acid groups (broad SMARTS) is 2. The minimum absolute atomic E-state index is 0. The van der Waals surface area contributed by atoms with Crippen molar-refractivity contribution in [2.75, 3.05) is 0 Å². The van der Waals surface area contributed by atoms with E-state index in [1.807, 2.05) is 0 Å². The molecule has 0 heterocycles. The molecule has 2 atom stereocenters. The van der Waals surface area contributed by atoms with Gasteiger partial charge in [-0.3, -0.25) is 0 Å². The van der Waals surface area contributed by atoms with E-state index in [0.29, 0.717) is 0 Å². The van der Waals surface area contributed by atoms with Crippen LogP contribution in [0.5, 0.6) is 0 Å². The Balaban J connectivity index is -0.0000000625. The van der Waals surface area contributed by atoms with Crippen LogP contribution in [-0.4, -0.2) is 34.4 Å². The molecule has 14 heavy (non-hydrogen) atoms. The molecule has 0 aliphatic rings. The second-order valence-electron chi connectivity index (χ2n) is 1.99. The first-order valence-electron chi connectivity index (χ1n) is 3.06. The first-order chi connectivity index (χ1) is 5.29. The number of aliphatic carboxylic acids is 2. The van der Waals surface area contributed by atoms with Gasteiger partial charge < -0.3 is 30.0 Å². The third-order valence-corrected chi connectivity index (χ3v) is 0.682. The number of carbonyl (C=O) groups is 2. The molecule has 2 N–H and O–H groups in total. The maximum atomic E-state index is 9.34. The predicted molar refractivity (Wildman–Crippen MR) is 33.4 cm³/mol. The minimum atomic E-state index is -1.44. The van der Waals surface area contributed by atoms with E-state index in [-0.39, 0.29) is 51.3 Å². The molecule has 0 aliphatic heterocycles. The Morgan fingerprint density at radius 2 is 1.07 bits per heavy atom. The summed E-state index contributed by atoms with van der Waals surface area (Å²) >= 11 is 0. The van der Waals surface area contributed by atoms with E-state index in [1.165, 1.54) is 0 Å². The molecule has 0 rings (SSSR count). The molecule has 2 unspecified atom stereocenters. The fraction of sp³-hybridized carbons (Fsp3) is 0.667. The Kier molecular flexibility index (Phi) is 23.3. The second kappa shape index (κ2) is 13.6. The quantitative estimate of drug-likeness (QED) is 0.469. The van der Waals surface area contributed by atoms with Gasteiger partial charge in [0.05, 0.1) is 24.1 Å². The zero-order valence-corrected chi connectivity index (χ0v) is 11.7. The van der Waals surface area contributed by atoms with Crippen LogP contribution in [0.4, 0.5) is 0 Å². The SMILES string of the molecule is CC(O)C(=O)[O-].CC(O)C(=O)[O-].[Na+].[Ti+4]. The molecule has 0 bridgehead atoms. The van der Waals surface area contributed by atoms with Crippen molar-refractivity contribution in [3.8, 4) is 0 Å². The number of rotatable bonds is 2. The standard InChI is InChI=1S/2C3H6O3.Na.Ti/c2*1-2(4)3(5)6;;/h2*2,4H,1H3,(H,5,6);;/q;;+1;+4/p-2. The molecule has 0 aliphatic carbocycles. The minimum Gasteiger partial charge on any atom is -0.547 e. The van der Waals surface area contributed by atoms with Crippen LogP contribution in [-0.2, 0) is 31.3 Å². The molecule has 0 saturated carbocycles. The molecule has 0 amide bonds. The summed E-state index contributed by atoms with van der Waals surface area (Å²) in [5.74, 6) is -2.87. The topological polar surface area (TPSA) is 121 Å². The maximum Gasteiger partial charge on any atom is 4.00 e. The van der Waals surface area contributed by atoms with Crippen LogP contribution in [0, 0.1) is 0 Å². The Labute approximate surface area is 118 Å². The fourth-order valence-electron chi connectivity index (χ4n) is 0. The van der Waals surface area contributed by atoms with Crippen LogP contribution < -0.4 is 39.8 Å². The van der Waals surface area contributed by atoms with Gasteiger partial charge in [0.25, 0.3) is 0 Å². The van der Waals surface area contributed by atoms with Gasteiger partial charge in [0.1, 0.15) is 0 Å². The summed E-state index contributed by atoms with van der Waals surface area (Å²) in [5, 5.41) is 34.6. The van der Waals surface area contributed by atoms with Crippen LogP contribution in [0.15, 0.2) is 0 Å². The molecule has 8 heteroatoms. The van der Waals surface area contributed by atoms with E-state index in [1.54, 1.807) is 0 Å². The molecule has 0 spiro atoms. The summed E-state index contributed by atoms with van der Waals surface area (Å²) in [6.45, 7) is 2.27. The smallest absolute Gasteiger partial charge is 0.547 e. The molecule has 0 aromatic heterocycles. The largest absolute Gasteiger partial charge is 4.00 e. The number of hydrogen-bond donors (Lipinski definition) is 2. The van der Waals surface area contributed by atoms with Crippen LogP contribution in [0.1, 0.15) is 13.8 Å². The van der Waals surface area contributed by atoms with Crippen molar-refractivity contribution in [3.05, 3.63) is 0 Å². The first-order valence-corrected chi connectivity index (χ1v) is 3.06. The van der Waals surface area contributed by atoms with Crippen molar-refractivity contribution in [2.45, 2.75) is 26.1 Å². The summed E-state index contributed by atoms with van der Waals surface area (Å²) < 4.78 is 0. The predicted octanol–water partition coefficient (Wildman–Crippen LogP) is -6.76. The fourth-order valence-corrected chi connectivity index (χ4v) is 0. The second-order valence-corrected chi connectivity index (χ2v) is 1.99. The molecule has 0 radical (unpaired) electrons. The van der Waals surface area contributed by atoms with Gasteiger partial charge in [-0.05, 0) is 13.8 Å². The molecule has 6 nitrogen and oxygen atoms in total. The van der Waals surface area contributed by atoms with Gasteiger partial charge in [0.2, 0.25) is 0 Å². The molecule has 72 valence electrons. The van der Waals surface area contributed by atoms with Crippen molar-refractivity contribution < 1.29 is 81.3 Å². The van der Waals surface area contributed by atoms with Gasteiger partial charge in [-0.2, -0.15) is 0 Å². The van der Waals surface area contributed by atoms with Crippen LogP contribution >= 0.6 is 0 Å². The average Bonchev–Trinajstić information content (AvgIpc) is 1.88. The molecule has 0 aromatic carbocycles. The van der Waals surface area contributed by atoms with Crippen LogP contribution in [0.25, 0.3) is 0 Å². The number of aliphatic hydroxyl groups is 2. The number of hydrogen-bond acceptors (Lipinski definition) is 6. The Hall–Kier alpha value is 0.574. The summed E-state index contributed by atoms with van der Waals surface area (Å²) in [7, 11) is 0. The number of carboxylic acids is 2. The van der Waals surface area contributed by atoms with E-state index >= 15 is 0 Å². The van der Waals surface area contributed by atoms with Gasteiger partial charge >= 0.3 is 51.3 Å². The molecular formula is C6H10NaO6Ti+3. The van der Waals surface area contributed by atoms with Gasteiger partial charge in [0.15, 0.2) is 0 Å². The van der Waals surface area contributed by atoms with E-state index in [0.717, 1.165) is 13.8 Å². The zero-order valence-electron chi connectivity index (χ0n) is 8.18. The van der Waals surface area contributed by atoms with Gasteiger partial charge in [-0.25, -0.2) is 0 Å². The van der Waals surface area contributed by atoms with E-state index < -0.39 is 24.1 Å². The van der Waals surface area contributed by atoms with Crippen LogP contribution in [0.2, 0.25) is 0 Å². The monoisotopic (exact) mass is 249 g/mol. The number of aliphatic hydroxyl groups excluding tert-OH is 2.